The highest BCUT2D eigenvalue weighted by molar-refractivity contribution is 6.14. The predicted molar refractivity (Wildman–Crippen MR) is 82.8 cm³/mol. The third-order valence-electron chi connectivity index (χ3n) is 3.49. The summed E-state index contributed by atoms with van der Waals surface area (Å²) < 4.78 is 0. The molecule has 0 bridgehead atoms. The molecule has 1 aromatic rings. The number of aliphatic hydroxyl groups is 1. The first-order valence-corrected chi connectivity index (χ1v) is 7.08. The molecule has 1 unspecified atom stereocenters. The van der Waals surface area contributed by atoms with E-state index in [-0.39, 0.29) is 17.5 Å². The Labute approximate surface area is 125 Å². The van der Waals surface area contributed by atoms with Gasteiger partial charge in [0.15, 0.2) is 5.78 Å². The predicted octanol–water partition coefficient (Wildman–Crippen LogP) is 1.97. The Hall–Kier alpha value is -2.01. The zero-order valence-electron chi connectivity index (χ0n) is 12.5. The molecule has 1 atom stereocenters. The molecule has 1 aliphatic carbocycles. The smallest absolute Gasteiger partial charge is 0.168 e. The third-order valence-corrected chi connectivity index (χ3v) is 3.49. The van der Waals surface area contributed by atoms with Crippen LogP contribution >= 0.6 is 0 Å². The summed E-state index contributed by atoms with van der Waals surface area (Å²) in [7, 11) is 3.94. The van der Waals surface area contributed by atoms with Crippen LogP contribution in [0.4, 0.5) is 0 Å². The number of pyridine rings is 1. The Morgan fingerprint density at radius 3 is 2.86 bits per heavy atom. The SMILES string of the molecule is CN(C)CCN=CC1=C(O)CC(c2ccccn2)CC1=O. The average Bonchev–Trinajstić information content (AvgIpc) is 2.46. The van der Waals surface area contributed by atoms with E-state index in [1.165, 1.54) is 6.21 Å². The summed E-state index contributed by atoms with van der Waals surface area (Å²) in [5.74, 6) is 0.0103. The van der Waals surface area contributed by atoms with Crippen LogP contribution in [0.5, 0.6) is 0 Å². The average molecular weight is 287 g/mol. The lowest BCUT2D eigenvalue weighted by Gasteiger charge is -2.21. The largest absolute Gasteiger partial charge is 0.511 e. The van der Waals surface area contributed by atoms with Gasteiger partial charge in [0, 0.05) is 43.4 Å². The van der Waals surface area contributed by atoms with Gasteiger partial charge in [-0.15, -0.1) is 0 Å². The first-order chi connectivity index (χ1) is 10.1. The highest BCUT2D eigenvalue weighted by atomic mass is 16.3. The van der Waals surface area contributed by atoms with Gasteiger partial charge in [-0.3, -0.25) is 14.8 Å². The molecule has 1 aliphatic rings. The number of hydrogen-bond acceptors (Lipinski definition) is 5. The molecule has 2 rings (SSSR count). The fourth-order valence-corrected chi connectivity index (χ4v) is 2.30. The van der Waals surface area contributed by atoms with Crippen molar-refractivity contribution in [3.05, 3.63) is 41.4 Å². The standard InChI is InChI=1S/C16H21N3O2/c1-19(2)8-7-17-11-13-15(20)9-12(10-16(13)21)14-5-3-4-6-18-14/h3-6,11-12,20H,7-10H2,1-2H3. The topological polar surface area (TPSA) is 65.8 Å². The third kappa shape index (κ3) is 4.23. The summed E-state index contributed by atoms with van der Waals surface area (Å²) in [4.78, 5) is 22.7. The Morgan fingerprint density at radius 1 is 1.43 bits per heavy atom. The second kappa shape index (κ2) is 7.13. The maximum absolute atomic E-state index is 12.2. The van der Waals surface area contributed by atoms with Crippen LogP contribution < -0.4 is 0 Å². The van der Waals surface area contributed by atoms with Crippen LogP contribution in [0.15, 0.2) is 40.7 Å². The number of carbonyl (C=O) groups excluding carboxylic acids is 1. The van der Waals surface area contributed by atoms with E-state index in [0.29, 0.717) is 25.0 Å². The number of aliphatic hydroxyl groups excluding tert-OH is 1. The number of ketones is 1. The second-order valence-corrected chi connectivity index (χ2v) is 5.48. The minimum absolute atomic E-state index is 0.0439. The van der Waals surface area contributed by atoms with Crippen molar-refractivity contribution in [2.75, 3.05) is 27.2 Å². The van der Waals surface area contributed by atoms with Crippen LogP contribution in [0.3, 0.4) is 0 Å². The monoisotopic (exact) mass is 287 g/mol. The first kappa shape index (κ1) is 15.4. The molecule has 0 spiro atoms. The number of Topliss-reactive ketones (excluding diaryl/α,β-unsaturated/α-hetero) is 1. The fourth-order valence-electron chi connectivity index (χ4n) is 2.30. The van der Waals surface area contributed by atoms with E-state index < -0.39 is 0 Å². The summed E-state index contributed by atoms with van der Waals surface area (Å²) in [6, 6.07) is 5.62. The lowest BCUT2D eigenvalue weighted by molar-refractivity contribution is -0.116. The van der Waals surface area contributed by atoms with Crippen molar-refractivity contribution in [3.8, 4) is 0 Å². The van der Waals surface area contributed by atoms with Crippen LogP contribution in [0.25, 0.3) is 0 Å². The van der Waals surface area contributed by atoms with Gasteiger partial charge in [0.1, 0.15) is 5.76 Å². The van der Waals surface area contributed by atoms with Gasteiger partial charge in [-0.05, 0) is 26.2 Å². The Kier molecular flexibility index (Phi) is 5.22. The van der Waals surface area contributed by atoms with E-state index in [4.69, 9.17) is 0 Å². The number of likely N-dealkylation sites (N-methyl/N-ethyl adjacent to an activating group) is 1. The summed E-state index contributed by atoms with van der Waals surface area (Å²) in [6.45, 7) is 1.43. The molecule has 1 heterocycles. The molecule has 0 amide bonds. The number of rotatable bonds is 5. The maximum atomic E-state index is 12.2. The molecule has 112 valence electrons. The lowest BCUT2D eigenvalue weighted by Crippen LogP contribution is -2.20. The highest BCUT2D eigenvalue weighted by Gasteiger charge is 2.28. The fraction of sp³-hybridized carbons (Fsp3) is 0.438. The van der Waals surface area contributed by atoms with Crippen molar-refractivity contribution in [1.82, 2.24) is 9.88 Å². The van der Waals surface area contributed by atoms with Gasteiger partial charge >= 0.3 is 0 Å². The van der Waals surface area contributed by atoms with E-state index in [9.17, 15) is 9.90 Å². The minimum atomic E-state index is -0.0667. The molecule has 0 saturated heterocycles. The number of aromatic nitrogens is 1. The van der Waals surface area contributed by atoms with Crippen molar-refractivity contribution in [1.29, 1.82) is 0 Å². The van der Waals surface area contributed by atoms with E-state index >= 15 is 0 Å². The van der Waals surface area contributed by atoms with Crippen LogP contribution in [0.2, 0.25) is 0 Å². The Morgan fingerprint density at radius 2 is 2.24 bits per heavy atom. The maximum Gasteiger partial charge on any atom is 0.168 e. The molecule has 0 aliphatic heterocycles. The zero-order chi connectivity index (χ0) is 15.2. The molecule has 0 aromatic carbocycles. The summed E-state index contributed by atoms with van der Waals surface area (Å²) >= 11 is 0. The summed E-state index contributed by atoms with van der Waals surface area (Å²) in [5, 5.41) is 10.1. The quantitative estimate of drug-likeness (QED) is 0.841. The minimum Gasteiger partial charge on any atom is -0.511 e. The molecule has 0 radical (unpaired) electrons. The van der Waals surface area contributed by atoms with Crippen LogP contribution in [0.1, 0.15) is 24.5 Å². The van der Waals surface area contributed by atoms with Crippen molar-refractivity contribution >= 4 is 12.0 Å². The van der Waals surface area contributed by atoms with Crippen molar-refractivity contribution in [2.24, 2.45) is 4.99 Å². The number of hydrogen-bond donors (Lipinski definition) is 1. The summed E-state index contributed by atoms with van der Waals surface area (Å²) in [6.07, 6.45) is 4.03. The molecule has 5 heteroatoms. The lowest BCUT2D eigenvalue weighted by atomic mass is 9.85. The van der Waals surface area contributed by atoms with E-state index in [0.717, 1.165) is 12.2 Å². The van der Waals surface area contributed by atoms with E-state index in [1.807, 2.05) is 37.2 Å². The number of nitrogens with zero attached hydrogens (tertiary/aromatic N) is 3. The van der Waals surface area contributed by atoms with Gasteiger partial charge in [0.25, 0.3) is 0 Å². The normalized spacial score (nSPS) is 19.8. The van der Waals surface area contributed by atoms with Gasteiger partial charge < -0.3 is 10.0 Å². The number of aliphatic imine (C=N–C) groups is 1. The number of allylic oxidation sites excluding steroid dienone is 2. The Bertz CT molecular complexity index is 550. The van der Waals surface area contributed by atoms with Crippen LogP contribution in [-0.4, -0.2) is 54.2 Å². The molecule has 21 heavy (non-hydrogen) atoms. The molecule has 0 saturated carbocycles. The summed E-state index contributed by atoms with van der Waals surface area (Å²) in [5.41, 5.74) is 1.20. The van der Waals surface area contributed by atoms with Gasteiger partial charge in [-0.1, -0.05) is 6.07 Å². The van der Waals surface area contributed by atoms with Gasteiger partial charge in [0.2, 0.25) is 0 Å². The van der Waals surface area contributed by atoms with E-state index in [1.54, 1.807) is 6.20 Å². The first-order valence-electron chi connectivity index (χ1n) is 7.08. The van der Waals surface area contributed by atoms with Crippen LogP contribution in [0, 0.1) is 0 Å². The zero-order valence-corrected chi connectivity index (χ0v) is 12.5. The van der Waals surface area contributed by atoms with Gasteiger partial charge in [-0.25, -0.2) is 0 Å². The van der Waals surface area contributed by atoms with Crippen molar-refractivity contribution in [3.63, 3.8) is 0 Å². The highest BCUT2D eigenvalue weighted by Crippen LogP contribution is 2.31. The number of carbonyl (C=O) groups is 1. The molecule has 0 fully saturated rings. The molecule has 5 nitrogen and oxygen atoms in total. The van der Waals surface area contributed by atoms with Gasteiger partial charge in [-0.2, -0.15) is 0 Å². The molecule has 1 aromatic heterocycles. The molecular formula is C16H21N3O2. The van der Waals surface area contributed by atoms with Crippen molar-refractivity contribution in [2.45, 2.75) is 18.8 Å². The van der Waals surface area contributed by atoms with E-state index in [2.05, 4.69) is 9.98 Å². The Balaban J connectivity index is 2.05. The van der Waals surface area contributed by atoms with Crippen molar-refractivity contribution < 1.29 is 9.90 Å². The van der Waals surface area contributed by atoms with Gasteiger partial charge in [0.05, 0.1) is 12.1 Å². The molecule has 1 N–H and O–H groups in total. The van der Waals surface area contributed by atoms with Crippen LogP contribution in [-0.2, 0) is 4.79 Å². The second-order valence-electron chi connectivity index (χ2n) is 5.48. The molecular weight excluding hydrogens is 266 g/mol.